The van der Waals surface area contributed by atoms with Crippen LogP contribution in [0.3, 0.4) is 0 Å². The standard InChI is InChI=1S/C11H21NO3/c1-8(2)9(12(6)7-13)10(14)15-11(3,4)5/h7-9H,1-6H3. The maximum Gasteiger partial charge on any atom is 0.329 e. The summed E-state index contributed by atoms with van der Waals surface area (Å²) in [6.45, 7) is 9.19. The van der Waals surface area contributed by atoms with Gasteiger partial charge in [-0.25, -0.2) is 4.79 Å². The molecule has 88 valence electrons. The molecular weight excluding hydrogens is 194 g/mol. The van der Waals surface area contributed by atoms with Gasteiger partial charge in [0, 0.05) is 7.05 Å². The van der Waals surface area contributed by atoms with E-state index in [1.54, 1.807) is 7.05 Å². The zero-order chi connectivity index (χ0) is 12.2. The van der Waals surface area contributed by atoms with E-state index in [1.165, 1.54) is 4.90 Å². The molecule has 0 saturated heterocycles. The van der Waals surface area contributed by atoms with E-state index in [2.05, 4.69) is 0 Å². The topological polar surface area (TPSA) is 46.6 Å². The van der Waals surface area contributed by atoms with E-state index < -0.39 is 11.6 Å². The van der Waals surface area contributed by atoms with Crippen molar-refractivity contribution in [1.29, 1.82) is 0 Å². The number of esters is 1. The Morgan fingerprint density at radius 2 is 1.80 bits per heavy atom. The van der Waals surface area contributed by atoms with Gasteiger partial charge in [0.2, 0.25) is 6.41 Å². The van der Waals surface area contributed by atoms with E-state index in [4.69, 9.17) is 4.74 Å². The Hall–Kier alpha value is -1.06. The molecule has 0 saturated carbocycles. The molecule has 0 aliphatic rings. The van der Waals surface area contributed by atoms with Crippen molar-refractivity contribution in [2.24, 2.45) is 5.92 Å². The lowest BCUT2D eigenvalue weighted by Crippen LogP contribution is -2.45. The van der Waals surface area contributed by atoms with E-state index >= 15 is 0 Å². The van der Waals surface area contributed by atoms with Gasteiger partial charge in [0.1, 0.15) is 11.6 Å². The summed E-state index contributed by atoms with van der Waals surface area (Å²) in [5.74, 6) is -0.317. The van der Waals surface area contributed by atoms with E-state index in [0.29, 0.717) is 6.41 Å². The van der Waals surface area contributed by atoms with Gasteiger partial charge >= 0.3 is 5.97 Å². The molecule has 0 fully saturated rings. The highest BCUT2D eigenvalue weighted by molar-refractivity contribution is 5.78. The number of nitrogens with zero attached hydrogens (tertiary/aromatic N) is 1. The van der Waals surface area contributed by atoms with Crippen LogP contribution in [0.1, 0.15) is 34.6 Å². The van der Waals surface area contributed by atoms with E-state index in [0.717, 1.165) is 0 Å². The predicted octanol–water partition coefficient (Wildman–Crippen LogP) is 1.44. The molecule has 0 aliphatic heterocycles. The maximum absolute atomic E-state index is 11.8. The van der Waals surface area contributed by atoms with Crippen LogP contribution in [0.5, 0.6) is 0 Å². The number of hydrogen-bond acceptors (Lipinski definition) is 3. The summed E-state index contributed by atoms with van der Waals surface area (Å²) in [6, 6.07) is -0.512. The molecule has 0 aromatic carbocycles. The third kappa shape index (κ3) is 4.81. The van der Waals surface area contributed by atoms with Crippen molar-refractivity contribution in [2.75, 3.05) is 7.05 Å². The SMILES string of the molecule is CC(C)C(C(=O)OC(C)(C)C)N(C)C=O. The number of ether oxygens (including phenoxy) is 1. The Morgan fingerprint density at radius 3 is 2.07 bits per heavy atom. The largest absolute Gasteiger partial charge is 0.458 e. The Bertz CT molecular complexity index is 230. The molecule has 15 heavy (non-hydrogen) atoms. The number of likely N-dealkylation sites (N-methyl/N-ethyl adjacent to an activating group) is 1. The second-order valence-corrected chi connectivity index (χ2v) is 4.99. The molecule has 0 spiro atoms. The van der Waals surface area contributed by atoms with E-state index in [-0.39, 0.29) is 11.9 Å². The van der Waals surface area contributed by atoms with Crippen LogP contribution >= 0.6 is 0 Å². The van der Waals surface area contributed by atoms with Gasteiger partial charge in [0.15, 0.2) is 0 Å². The minimum atomic E-state index is -0.520. The summed E-state index contributed by atoms with van der Waals surface area (Å²) in [7, 11) is 1.58. The molecule has 0 aromatic rings. The Labute approximate surface area is 91.6 Å². The molecule has 0 N–H and O–H groups in total. The summed E-state index contributed by atoms with van der Waals surface area (Å²) in [5, 5.41) is 0. The van der Waals surface area contributed by atoms with Crippen LogP contribution in [0.15, 0.2) is 0 Å². The molecule has 4 heteroatoms. The normalized spacial score (nSPS) is 13.5. The molecule has 0 heterocycles. The summed E-state index contributed by atoms with van der Waals surface area (Å²) in [4.78, 5) is 23.8. The van der Waals surface area contributed by atoms with Gasteiger partial charge in [0.25, 0.3) is 0 Å². The Morgan fingerprint density at radius 1 is 1.33 bits per heavy atom. The van der Waals surface area contributed by atoms with Crippen molar-refractivity contribution < 1.29 is 14.3 Å². The highest BCUT2D eigenvalue weighted by atomic mass is 16.6. The molecule has 0 radical (unpaired) electrons. The molecule has 1 atom stereocenters. The first kappa shape index (κ1) is 13.9. The third-order valence-electron chi connectivity index (χ3n) is 1.88. The molecule has 1 amide bonds. The minimum absolute atomic E-state index is 0.0371. The molecule has 0 bridgehead atoms. The van der Waals surface area contributed by atoms with Crippen LogP contribution in [-0.4, -0.2) is 36.0 Å². The Balaban J connectivity index is 4.64. The van der Waals surface area contributed by atoms with Crippen molar-refractivity contribution in [3.63, 3.8) is 0 Å². The first-order valence-corrected chi connectivity index (χ1v) is 5.09. The smallest absolute Gasteiger partial charge is 0.329 e. The Kier molecular flexibility index (Phi) is 4.78. The van der Waals surface area contributed by atoms with Crippen molar-refractivity contribution in [2.45, 2.75) is 46.3 Å². The summed E-state index contributed by atoms with van der Waals surface area (Å²) in [6.07, 6.45) is 0.647. The van der Waals surface area contributed by atoms with Gasteiger partial charge < -0.3 is 9.64 Å². The van der Waals surface area contributed by atoms with Gasteiger partial charge in [-0.2, -0.15) is 0 Å². The van der Waals surface area contributed by atoms with E-state index in [1.807, 2.05) is 34.6 Å². The third-order valence-corrected chi connectivity index (χ3v) is 1.88. The molecule has 4 nitrogen and oxygen atoms in total. The molecule has 0 rings (SSSR count). The first-order chi connectivity index (χ1) is 6.69. The molecular formula is C11H21NO3. The van der Waals surface area contributed by atoms with Gasteiger partial charge in [-0.3, -0.25) is 4.79 Å². The van der Waals surface area contributed by atoms with Crippen LogP contribution < -0.4 is 0 Å². The fourth-order valence-electron chi connectivity index (χ4n) is 1.34. The highest BCUT2D eigenvalue weighted by Gasteiger charge is 2.30. The van der Waals surface area contributed by atoms with Gasteiger partial charge in [0.05, 0.1) is 0 Å². The van der Waals surface area contributed by atoms with Crippen molar-refractivity contribution in [3.05, 3.63) is 0 Å². The maximum atomic E-state index is 11.8. The second-order valence-electron chi connectivity index (χ2n) is 4.99. The average Bonchev–Trinajstić information content (AvgIpc) is 1.99. The lowest BCUT2D eigenvalue weighted by Gasteiger charge is -2.29. The van der Waals surface area contributed by atoms with Crippen LogP contribution in [0.25, 0.3) is 0 Å². The number of carbonyl (C=O) groups is 2. The summed E-state index contributed by atoms with van der Waals surface area (Å²) < 4.78 is 5.24. The number of rotatable bonds is 4. The monoisotopic (exact) mass is 215 g/mol. The molecule has 0 aliphatic carbocycles. The van der Waals surface area contributed by atoms with Gasteiger partial charge in [-0.15, -0.1) is 0 Å². The average molecular weight is 215 g/mol. The number of carbonyl (C=O) groups excluding carboxylic acids is 2. The molecule has 0 aromatic heterocycles. The van der Waals surface area contributed by atoms with Crippen LogP contribution in [0, 0.1) is 5.92 Å². The number of amides is 1. The lowest BCUT2D eigenvalue weighted by molar-refractivity contribution is -0.164. The number of hydrogen-bond donors (Lipinski definition) is 0. The zero-order valence-corrected chi connectivity index (χ0v) is 10.4. The zero-order valence-electron chi connectivity index (χ0n) is 10.4. The quantitative estimate of drug-likeness (QED) is 0.526. The van der Waals surface area contributed by atoms with Crippen LogP contribution in [0.4, 0.5) is 0 Å². The van der Waals surface area contributed by atoms with Crippen molar-refractivity contribution in [3.8, 4) is 0 Å². The summed E-state index contributed by atoms with van der Waals surface area (Å²) in [5.41, 5.74) is -0.520. The van der Waals surface area contributed by atoms with Gasteiger partial charge in [-0.05, 0) is 26.7 Å². The lowest BCUT2D eigenvalue weighted by atomic mass is 10.0. The predicted molar refractivity (Wildman–Crippen MR) is 58.3 cm³/mol. The fraction of sp³-hybridized carbons (Fsp3) is 0.818. The highest BCUT2D eigenvalue weighted by Crippen LogP contribution is 2.15. The minimum Gasteiger partial charge on any atom is -0.458 e. The second kappa shape index (κ2) is 5.14. The van der Waals surface area contributed by atoms with Gasteiger partial charge in [-0.1, -0.05) is 13.8 Å². The molecule has 1 unspecified atom stereocenters. The first-order valence-electron chi connectivity index (χ1n) is 5.09. The van der Waals surface area contributed by atoms with Crippen molar-refractivity contribution in [1.82, 2.24) is 4.90 Å². The van der Waals surface area contributed by atoms with E-state index in [9.17, 15) is 9.59 Å². The van der Waals surface area contributed by atoms with Crippen LogP contribution in [0.2, 0.25) is 0 Å². The van der Waals surface area contributed by atoms with Crippen molar-refractivity contribution >= 4 is 12.4 Å². The van der Waals surface area contributed by atoms with Crippen LogP contribution in [-0.2, 0) is 14.3 Å². The fourth-order valence-corrected chi connectivity index (χ4v) is 1.34. The summed E-state index contributed by atoms with van der Waals surface area (Å²) >= 11 is 0.